The van der Waals surface area contributed by atoms with Crippen LogP contribution in [0.5, 0.6) is 5.75 Å². The topological polar surface area (TPSA) is 64.4 Å². The molecule has 0 radical (unpaired) electrons. The standard InChI is InChI=1S/C8H8N2O2/c9-6-1-2-7-5(3-6)4-8(11)10-12-7/h1-3H,4,9H2,(H,10,11). The molecule has 1 aliphatic rings. The van der Waals surface area contributed by atoms with E-state index in [2.05, 4.69) is 5.48 Å². The second-order valence-electron chi connectivity index (χ2n) is 2.67. The van der Waals surface area contributed by atoms with Crippen LogP contribution >= 0.6 is 0 Å². The Labute approximate surface area is 69.3 Å². The highest BCUT2D eigenvalue weighted by atomic mass is 16.7. The van der Waals surface area contributed by atoms with Gasteiger partial charge in [0.05, 0.1) is 6.42 Å². The van der Waals surface area contributed by atoms with Crippen LogP contribution in [0.15, 0.2) is 18.2 Å². The van der Waals surface area contributed by atoms with Crippen LogP contribution in [0.2, 0.25) is 0 Å². The average molecular weight is 164 g/mol. The minimum absolute atomic E-state index is 0.145. The number of anilines is 1. The Morgan fingerprint density at radius 3 is 3.17 bits per heavy atom. The number of hydrogen-bond donors (Lipinski definition) is 2. The van der Waals surface area contributed by atoms with Crippen LogP contribution in [0.4, 0.5) is 5.69 Å². The van der Waals surface area contributed by atoms with E-state index in [1.165, 1.54) is 0 Å². The van der Waals surface area contributed by atoms with Crippen LogP contribution in [0.1, 0.15) is 5.56 Å². The largest absolute Gasteiger partial charge is 0.399 e. The number of benzene rings is 1. The van der Waals surface area contributed by atoms with E-state index in [1.807, 2.05) is 0 Å². The predicted octanol–water partition coefficient (Wildman–Crippen LogP) is 0.235. The van der Waals surface area contributed by atoms with Crippen LogP contribution in [0.25, 0.3) is 0 Å². The van der Waals surface area contributed by atoms with Gasteiger partial charge in [-0.1, -0.05) is 0 Å². The van der Waals surface area contributed by atoms with E-state index in [1.54, 1.807) is 18.2 Å². The number of hydroxylamine groups is 1. The Morgan fingerprint density at radius 1 is 1.50 bits per heavy atom. The number of fused-ring (bicyclic) bond motifs is 1. The highest BCUT2D eigenvalue weighted by Gasteiger charge is 2.15. The van der Waals surface area contributed by atoms with Crippen LogP contribution in [-0.4, -0.2) is 5.91 Å². The summed E-state index contributed by atoms with van der Waals surface area (Å²) in [6, 6.07) is 5.22. The number of nitrogen functional groups attached to an aromatic ring is 1. The Morgan fingerprint density at radius 2 is 2.33 bits per heavy atom. The quantitative estimate of drug-likeness (QED) is 0.539. The summed E-state index contributed by atoms with van der Waals surface area (Å²) in [5.74, 6) is 0.525. The number of rotatable bonds is 0. The number of hydrogen-bond acceptors (Lipinski definition) is 3. The van der Waals surface area contributed by atoms with Crippen molar-refractivity contribution >= 4 is 11.6 Å². The molecule has 2 rings (SSSR count). The van der Waals surface area contributed by atoms with Gasteiger partial charge in [0.15, 0.2) is 5.75 Å². The summed E-state index contributed by atoms with van der Waals surface area (Å²) in [4.78, 5) is 15.8. The van der Waals surface area contributed by atoms with Crippen LogP contribution in [0.3, 0.4) is 0 Å². The summed E-state index contributed by atoms with van der Waals surface area (Å²) in [5.41, 5.74) is 9.30. The van der Waals surface area contributed by atoms with Gasteiger partial charge in [-0.05, 0) is 18.2 Å². The van der Waals surface area contributed by atoms with Crippen molar-refractivity contribution in [3.05, 3.63) is 23.8 Å². The van der Waals surface area contributed by atoms with Gasteiger partial charge in [-0.15, -0.1) is 0 Å². The maximum absolute atomic E-state index is 10.9. The van der Waals surface area contributed by atoms with Gasteiger partial charge in [-0.3, -0.25) is 4.79 Å². The first kappa shape index (κ1) is 6.97. The highest BCUT2D eigenvalue weighted by Crippen LogP contribution is 2.23. The Bertz CT molecular complexity index is 336. The summed E-state index contributed by atoms with van der Waals surface area (Å²) in [7, 11) is 0. The molecule has 1 heterocycles. The molecule has 1 aromatic rings. The van der Waals surface area contributed by atoms with Gasteiger partial charge in [-0.25, -0.2) is 0 Å². The van der Waals surface area contributed by atoms with E-state index in [9.17, 15) is 4.79 Å². The molecule has 1 amide bonds. The second kappa shape index (κ2) is 2.41. The van der Waals surface area contributed by atoms with Gasteiger partial charge >= 0.3 is 0 Å². The van der Waals surface area contributed by atoms with E-state index in [4.69, 9.17) is 10.6 Å². The molecule has 0 saturated carbocycles. The van der Waals surface area contributed by atoms with Crippen molar-refractivity contribution in [3.63, 3.8) is 0 Å². The summed E-state index contributed by atoms with van der Waals surface area (Å²) in [6.45, 7) is 0. The van der Waals surface area contributed by atoms with Gasteiger partial charge in [0.25, 0.3) is 5.91 Å². The van der Waals surface area contributed by atoms with Crippen LogP contribution < -0.4 is 16.1 Å². The van der Waals surface area contributed by atoms with E-state index in [0.29, 0.717) is 17.9 Å². The SMILES string of the molecule is Nc1ccc2c(c1)CC(=O)NO2. The molecule has 4 nitrogen and oxygen atoms in total. The van der Waals surface area contributed by atoms with Crippen molar-refractivity contribution < 1.29 is 9.63 Å². The lowest BCUT2D eigenvalue weighted by atomic mass is 10.1. The van der Waals surface area contributed by atoms with E-state index < -0.39 is 0 Å². The molecule has 0 bridgehead atoms. The minimum atomic E-state index is -0.145. The van der Waals surface area contributed by atoms with Crippen LogP contribution in [0, 0.1) is 0 Å². The lowest BCUT2D eigenvalue weighted by Gasteiger charge is -2.16. The van der Waals surface area contributed by atoms with Crippen LogP contribution in [-0.2, 0) is 11.2 Å². The zero-order valence-corrected chi connectivity index (χ0v) is 6.33. The maximum Gasteiger partial charge on any atom is 0.257 e. The first-order chi connectivity index (χ1) is 5.75. The van der Waals surface area contributed by atoms with Crippen molar-refractivity contribution in [1.29, 1.82) is 0 Å². The monoisotopic (exact) mass is 164 g/mol. The number of amides is 1. The van der Waals surface area contributed by atoms with Crippen molar-refractivity contribution in [2.45, 2.75) is 6.42 Å². The zero-order chi connectivity index (χ0) is 8.55. The summed E-state index contributed by atoms with van der Waals surface area (Å²) in [6.07, 6.45) is 0.334. The first-order valence-electron chi connectivity index (χ1n) is 3.60. The number of nitrogens with two attached hydrogens (primary N) is 1. The fraction of sp³-hybridized carbons (Fsp3) is 0.125. The molecule has 0 atom stereocenters. The summed E-state index contributed by atoms with van der Waals surface area (Å²) in [5, 5.41) is 0. The fourth-order valence-corrected chi connectivity index (χ4v) is 1.16. The molecule has 0 aliphatic carbocycles. The third-order valence-corrected chi connectivity index (χ3v) is 1.71. The molecule has 62 valence electrons. The first-order valence-corrected chi connectivity index (χ1v) is 3.60. The van der Waals surface area contributed by atoms with Crippen molar-refractivity contribution in [2.75, 3.05) is 5.73 Å². The van der Waals surface area contributed by atoms with E-state index in [-0.39, 0.29) is 5.91 Å². The number of carbonyl (C=O) groups excluding carboxylic acids is 1. The molecule has 1 aromatic carbocycles. The molecule has 12 heavy (non-hydrogen) atoms. The number of nitrogens with one attached hydrogen (secondary N) is 1. The van der Waals surface area contributed by atoms with Gasteiger partial charge in [0, 0.05) is 11.3 Å². The molecular formula is C8H8N2O2. The Hall–Kier alpha value is -1.71. The molecule has 3 N–H and O–H groups in total. The fourth-order valence-electron chi connectivity index (χ4n) is 1.16. The summed E-state index contributed by atoms with van der Waals surface area (Å²) >= 11 is 0. The molecular weight excluding hydrogens is 156 g/mol. The molecule has 0 saturated heterocycles. The average Bonchev–Trinajstić information content (AvgIpc) is 2.03. The zero-order valence-electron chi connectivity index (χ0n) is 6.33. The smallest absolute Gasteiger partial charge is 0.257 e. The van der Waals surface area contributed by atoms with Gasteiger partial charge < -0.3 is 10.6 Å². The third kappa shape index (κ3) is 1.07. The molecule has 1 aliphatic heterocycles. The lowest BCUT2D eigenvalue weighted by Crippen LogP contribution is -2.33. The van der Waals surface area contributed by atoms with Crippen molar-refractivity contribution in [1.82, 2.24) is 5.48 Å². The molecule has 0 spiro atoms. The summed E-state index contributed by atoms with van der Waals surface area (Å²) < 4.78 is 0. The predicted molar refractivity (Wildman–Crippen MR) is 43.3 cm³/mol. The van der Waals surface area contributed by atoms with Gasteiger partial charge in [0.2, 0.25) is 0 Å². The Balaban J connectivity index is 2.44. The van der Waals surface area contributed by atoms with Gasteiger partial charge in [0.1, 0.15) is 0 Å². The van der Waals surface area contributed by atoms with E-state index in [0.717, 1.165) is 5.56 Å². The van der Waals surface area contributed by atoms with E-state index >= 15 is 0 Å². The minimum Gasteiger partial charge on any atom is -0.399 e. The lowest BCUT2D eigenvalue weighted by molar-refractivity contribution is -0.128. The molecule has 0 unspecified atom stereocenters. The molecule has 0 aromatic heterocycles. The van der Waals surface area contributed by atoms with Crippen molar-refractivity contribution in [3.8, 4) is 5.75 Å². The third-order valence-electron chi connectivity index (χ3n) is 1.71. The van der Waals surface area contributed by atoms with Crippen molar-refractivity contribution in [2.24, 2.45) is 0 Å². The highest BCUT2D eigenvalue weighted by molar-refractivity contribution is 5.80. The normalized spacial score (nSPS) is 14.5. The second-order valence-corrected chi connectivity index (χ2v) is 2.67. The number of carbonyl (C=O) groups is 1. The maximum atomic E-state index is 10.9. The molecule has 4 heteroatoms. The Kier molecular flexibility index (Phi) is 1.40. The van der Waals surface area contributed by atoms with Gasteiger partial charge in [-0.2, -0.15) is 5.48 Å². The molecule has 0 fully saturated rings.